The highest BCUT2D eigenvalue weighted by Gasteiger charge is 2.29. The minimum Gasteiger partial charge on any atom is -0.390 e. The Morgan fingerprint density at radius 2 is 2.26 bits per heavy atom. The summed E-state index contributed by atoms with van der Waals surface area (Å²) in [5, 5.41) is 9.33. The average Bonchev–Trinajstić information content (AvgIpc) is 3.14. The Morgan fingerprint density at radius 1 is 1.58 bits per heavy atom. The van der Waals surface area contributed by atoms with Gasteiger partial charge in [-0.15, -0.1) is 6.58 Å². The standard InChI is InChI=1S/C13H20N2O3S/c1-3-7-14(4-2)19(17,18)13-8-12(10-16)15(9-13)11-5-6-11/h3,8-9,11,16H,1,4-7,10H2,2H3. The first-order valence-corrected chi connectivity index (χ1v) is 7.91. The van der Waals surface area contributed by atoms with E-state index < -0.39 is 10.0 Å². The predicted molar refractivity (Wildman–Crippen MR) is 73.3 cm³/mol. The van der Waals surface area contributed by atoms with Crippen molar-refractivity contribution >= 4 is 10.0 Å². The number of aliphatic hydroxyl groups excluding tert-OH is 1. The van der Waals surface area contributed by atoms with Crippen LogP contribution in [-0.2, 0) is 16.6 Å². The lowest BCUT2D eigenvalue weighted by molar-refractivity contribution is 0.270. The molecule has 1 aromatic rings. The first-order valence-electron chi connectivity index (χ1n) is 6.47. The van der Waals surface area contributed by atoms with Gasteiger partial charge in [0.25, 0.3) is 0 Å². The van der Waals surface area contributed by atoms with E-state index in [4.69, 9.17) is 0 Å². The summed E-state index contributed by atoms with van der Waals surface area (Å²) < 4.78 is 28.2. The molecule has 106 valence electrons. The number of sulfonamides is 1. The van der Waals surface area contributed by atoms with Crippen molar-refractivity contribution in [2.24, 2.45) is 0 Å². The van der Waals surface area contributed by atoms with Crippen LogP contribution in [0.1, 0.15) is 31.5 Å². The monoisotopic (exact) mass is 284 g/mol. The number of aromatic nitrogens is 1. The van der Waals surface area contributed by atoms with E-state index >= 15 is 0 Å². The molecule has 0 saturated heterocycles. The highest BCUT2D eigenvalue weighted by molar-refractivity contribution is 7.89. The molecule has 6 heteroatoms. The van der Waals surface area contributed by atoms with E-state index in [-0.39, 0.29) is 11.5 Å². The molecule has 1 saturated carbocycles. The zero-order chi connectivity index (χ0) is 14.0. The fourth-order valence-electron chi connectivity index (χ4n) is 2.15. The zero-order valence-corrected chi connectivity index (χ0v) is 11.9. The highest BCUT2D eigenvalue weighted by Crippen LogP contribution is 2.37. The Morgan fingerprint density at radius 3 is 2.74 bits per heavy atom. The van der Waals surface area contributed by atoms with Crippen molar-refractivity contribution in [3.05, 3.63) is 30.6 Å². The van der Waals surface area contributed by atoms with Crippen LogP contribution in [0.3, 0.4) is 0 Å². The second kappa shape index (κ2) is 5.48. The lowest BCUT2D eigenvalue weighted by Gasteiger charge is -2.17. The summed E-state index contributed by atoms with van der Waals surface area (Å²) >= 11 is 0. The maximum atomic E-state index is 12.5. The minimum absolute atomic E-state index is 0.139. The smallest absolute Gasteiger partial charge is 0.244 e. The van der Waals surface area contributed by atoms with Gasteiger partial charge in [0, 0.05) is 31.0 Å². The van der Waals surface area contributed by atoms with Crippen molar-refractivity contribution in [1.82, 2.24) is 8.87 Å². The maximum Gasteiger partial charge on any atom is 0.244 e. The molecule has 0 aromatic carbocycles. The molecule has 0 bridgehead atoms. The van der Waals surface area contributed by atoms with Crippen LogP contribution in [-0.4, -0.2) is 35.5 Å². The molecule has 0 spiro atoms. The van der Waals surface area contributed by atoms with Gasteiger partial charge in [-0.1, -0.05) is 13.0 Å². The molecule has 5 nitrogen and oxygen atoms in total. The lowest BCUT2D eigenvalue weighted by Crippen LogP contribution is -2.30. The van der Waals surface area contributed by atoms with Crippen LogP contribution in [0.25, 0.3) is 0 Å². The molecular formula is C13H20N2O3S. The predicted octanol–water partition coefficient (Wildman–Crippen LogP) is 1.51. The third kappa shape index (κ3) is 2.75. The van der Waals surface area contributed by atoms with Crippen LogP contribution in [0.2, 0.25) is 0 Å². The molecule has 0 unspecified atom stereocenters. The Labute approximate surface area is 114 Å². The fraction of sp³-hybridized carbons (Fsp3) is 0.538. The van der Waals surface area contributed by atoms with E-state index in [1.165, 1.54) is 4.31 Å². The molecule has 1 N–H and O–H groups in total. The molecule has 2 rings (SSSR count). The number of aliphatic hydroxyl groups is 1. The van der Waals surface area contributed by atoms with Crippen LogP contribution in [0.5, 0.6) is 0 Å². The Balaban J connectivity index is 2.36. The second-order valence-electron chi connectivity index (χ2n) is 4.71. The molecule has 19 heavy (non-hydrogen) atoms. The molecule has 1 aromatic heterocycles. The molecular weight excluding hydrogens is 264 g/mol. The van der Waals surface area contributed by atoms with Crippen LogP contribution >= 0.6 is 0 Å². The van der Waals surface area contributed by atoms with E-state index in [0.717, 1.165) is 12.8 Å². The van der Waals surface area contributed by atoms with E-state index in [1.807, 2.05) is 4.57 Å². The average molecular weight is 284 g/mol. The van der Waals surface area contributed by atoms with Crippen LogP contribution in [0, 0.1) is 0 Å². The summed E-state index contributed by atoms with van der Waals surface area (Å²) in [6.07, 6.45) is 5.31. The lowest BCUT2D eigenvalue weighted by atomic mass is 10.4. The Kier molecular flexibility index (Phi) is 4.13. The molecule has 1 fully saturated rings. The largest absolute Gasteiger partial charge is 0.390 e. The third-order valence-electron chi connectivity index (χ3n) is 3.33. The van der Waals surface area contributed by atoms with Crippen LogP contribution in [0.15, 0.2) is 29.8 Å². The minimum atomic E-state index is -3.50. The van der Waals surface area contributed by atoms with Gasteiger partial charge in [-0.25, -0.2) is 8.42 Å². The number of hydrogen-bond donors (Lipinski definition) is 1. The molecule has 1 heterocycles. The molecule has 0 radical (unpaired) electrons. The molecule has 0 aliphatic heterocycles. The van der Waals surface area contributed by atoms with Crippen molar-refractivity contribution in [3.63, 3.8) is 0 Å². The van der Waals surface area contributed by atoms with Crippen molar-refractivity contribution < 1.29 is 13.5 Å². The summed E-state index contributed by atoms with van der Waals surface area (Å²) in [5.74, 6) is 0. The molecule has 0 amide bonds. The van der Waals surface area contributed by atoms with Crippen molar-refractivity contribution in [2.45, 2.75) is 37.3 Å². The van der Waals surface area contributed by atoms with Gasteiger partial charge in [0.05, 0.1) is 6.61 Å². The summed E-state index contributed by atoms with van der Waals surface area (Å²) in [5.41, 5.74) is 0.663. The number of rotatable bonds is 7. The van der Waals surface area contributed by atoms with Gasteiger partial charge in [-0.05, 0) is 18.9 Å². The van der Waals surface area contributed by atoms with Gasteiger partial charge in [-0.3, -0.25) is 0 Å². The van der Waals surface area contributed by atoms with E-state index in [0.29, 0.717) is 24.8 Å². The van der Waals surface area contributed by atoms with Crippen LogP contribution < -0.4 is 0 Å². The van der Waals surface area contributed by atoms with Crippen LogP contribution in [0.4, 0.5) is 0 Å². The van der Waals surface area contributed by atoms with E-state index in [9.17, 15) is 13.5 Å². The summed E-state index contributed by atoms with van der Waals surface area (Å²) in [6, 6.07) is 1.92. The quantitative estimate of drug-likeness (QED) is 0.772. The van der Waals surface area contributed by atoms with Crippen molar-refractivity contribution in [1.29, 1.82) is 0 Å². The third-order valence-corrected chi connectivity index (χ3v) is 5.24. The summed E-state index contributed by atoms with van der Waals surface area (Å²) in [6.45, 7) is 5.93. The van der Waals surface area contributed by atoms with E-state index in [1.54, 1.807) is 25.3 Å². The maximum absolute atomic E-state index is 12.5. The van der Waals surface area contributed by atoms with E-state index in [2.05, 4.69) is 6.58 Å². The summed E-state index contributed by atoms with van der Waals surface area (Å²) in [4.78, 5) is 0.257. The van der Waals surface area contributed by atoms with Gasteiger partial charge in [0.15, 0.2) is 0 Å². The normalized spacial score (nSPS) is 15.9. The fourth-order valence-corrected chi connectivity index (χ4v) is 3.62. The molecule has 1 aliphatic carbocycles. The van der Waals surface area contributed by atoms with Crippen molar-refractivity contribution in [3.8, 4) is 0 Å². The van der Waals surface area contributed by atoms with Gasteiger partial charge in [-0.2, -0.15) is 4.31 Å². The second-order valence-corrected chi connectivity index (χ2v) is 6.65. The van der Waals surface area contributed by atoms with Crippen molar-refractivity contribution in [2.75, 3.05) is 13.1 Å². The summed E-state index contributed by atoms with van der Waals surface area (Å²) in [7, 11) is -3.50. The van der Waals surface area contributed by atoms with Gasteiger partial charge >= 0.3 is 0 Å². The SMILES string of the molecule is C=CCN(CC)S(=O)(=O)c1cc(CO)n(C2CC2)c1. The zero-order valence-electron chi connectivity index (χ0n) is 11.1. The highest BCUT2D eigenvalue weighted by atomic mass is 32.2. The Bertz CT molecular complexity index is 558. The Hall–Kier alpha value is -1.11. The van der Waals surface area contributed by atoms with Gasteiger partial charge in [0.1, 0.15) is 4.90 Å². The topological polar surface area (TPSA) is 62.5 Å². The number of nitrogens with zero attached hydrogens (tertiary/aromatic N) is 2. The first kappa shape index (κ1) is 14.3. The van der Waals surface area contributed by atoms with Gasteiger partial charge in [0.2, 0.25) is 10.0 Å². The number of hydrogen-bond acceptors (Lipinski definition) is 3. The first-order chi connectivity index (χ1) is 9.04. The number of likely N-dealkylation sites (N-methyl/N-ethyl adjacent to an activating group) is 1. The molecule has 1 aliphatic rings. The van der Waals surface area contributed by atoms with Gasteiger partial charge < -0.3 is 9.67 Å². The molecule has 0 atom stereocenters.